The van der Waals surface area contributed by atoms with E-state index >= 15 is 0 Å². The fraction of sp³-hybridized carbons (Fsp3) is 0.667. The minimum atomic E-state index is 0.128. The molecule has 2 atom stereocenters. The highest BCUT2D eigenvalue weighted by Gasteiger charge is 2.34. The van der Waals surface area contributed by atoms with Crippen LogP contribution in [0.4, 0.5) is 0 Å². The molecule has 3 heteroatoms. The monoisotopic (exact) mass is 289 g/mol. The maximum Gasteiger partial charge on any atom is 0.161 e. The van der Waals surface area contributed by atoms with Crippen LogP contribution in [0.5, 0.6) is 11.5 Å². The molecule has 1 aromatic carbocycles. The molecule has 2 unspecified atom stereocenters. The van der Waals surface area contributed by atoms with Gasteiger partial charge in [0.05, 0.1) is 6.04 Å². The van der Waals surface area contributed by atoms with Gasteiger partial charge in [-0.15, -0.1) is 0 Å². The minimum absolute atomic E-state index is 0.128. The zero-order chi connectivity index (χ0) is 14.5. The van der Waals surface area contributed by atoms with Crippen molar-refractivity contribution in [3.05, 3.63) is 24.3 Å². The number of likely N-dealkylation sites (N-methyl/N-ethyl adjacent to an activating group) is 1. The summed E-state index contributed by atoms with van der Waals surface area (Å²) < 4.78 is 12.2. The molecule has 21 heavy (non-hydrogen) atoms. The summed E-state index contributed by atoms with van der Waals surface area (Å²) in [6.45, 7) is 3.83. The zero-order valence-electron chi connectivity index (χ0n) is 13.0. The first-order chi connectivity index (χ1) is 10.4. The second kappa shape index (κ2) is 7.17. The molecule has 0 bridgehead atoms. The van der Waals surface area contributed by atoms with Crippen molar-refractivity contribution in [2.45, 2.75) is 57.6 Å². The molecule has 3 rings (SSSR count). The molecule has 0 saturated heterocycles. The van der Waals surface area contributed by atoms with Crippen LogP contribution in [0.3, 0.4) is 0 Å². The SMILES string of the molecule is CCNC(C1CCCCCC1)C1COc2ccccc2O1. The van der Waals surface area contributed by atoms with Crippen molar-refractivity contribution in [3.8, 4) is 11.5 Å². The van der Waals surface area contributed by atoms with Crippen LogP contribution >= 0.6 is 0 Å². The van der Waals surface area contributed by atoms with Crippen LogP contribution in [0.1, 0.15) is 45.4 Å². The van der Waals surface area contributed by atoms with Crippen molar-refractivity contribution in [2.75, 3.05) is 13.2 Å². The molecule has 1 aromatic rings. The van der Waals surface area contributed by atoms with Gasteiger partial charge in [0.25, 0.3) is 0 Å². The standard InChI is InChI=1S/C18H27NO2/c1-2-19-18(14-9-5-3-4-6-10-14)17-13-20-15-11-7-8-12-16(15)21-17/h7-8,11-12,14,17-19H,2-6,9-10,13H2,1H3. The van der Waals surface area contributed by atoms with Gasteiger partial charge in [0.2, 0.25) is 0 Å². The van der Waals surface area contributed by atoms with Crippen molar-refractivity contribution in [1.82, 2.24) is 5.32 Å². The van der Waals surface area contributed by atoms with E-state index in [0.29, 0.717) is 18.6 Å². The fourth-order valence-electron chi connectivity index (χ4n) is 3.72. The van der Waals surface area contributed by atoms with Crippen LogP contribution in [0.2, 0.25) is 0 Å². The van der Waals surface area contributed by atoms with Gasteiger partial charge in [-0.2, -0.15) is 0 Å². The number of hydrogen-bond acceptors (Lipinski definition) is 3. The molecule has 1 aliphatic carbocycles. The number of benzene rings is 1. The summed E-state index contributed by atoms with van der Waals surface area (Å²) in [5.74, 6) is 2.49. The first-order valence-electron chi connectivity index (χ1n) is 8.50. The van der Waals surface area contributed by atoms with Crippen LogP contribution in [-0.2, 0) is 0 Å². The molecule has 0 radical (unpaired) electrons. The first kappa shape index (κ1) is 14.7. The lowest BCUT2D eigenvalue weighted by Crippen LogP contribution is -2.51. The Hall–Kier alpha value is -1.22. The second-order valence-electron chi connectivity index (χ2n) is 6.25. The van der Waals surface area contributed by atoms with Gasteiger partial charge >= 0.3 is 0 Å². The Kier molecular flexibility index (Phi) is 5.02. The van der Waals surface area contributed by atoms with Crippen molar-refractivity contribution >= 4 is 0 Å². The van der Waals surface area contributed by atoms with Gasteiger partial charge in [0, 0.05) is 0 Å². The number of para-hydroxylation sites is 2. The highest BCUT2D eigenvalue weighted by Crippen LogP contribution is 2.34. The van der Waals surface area contributed by atoms with E-state index in [1.807, 2.05) is 24.3 Å². The van der Waals surface area contributed by atoms with E-state index in [1.165, 1.54) is 38.5 Å². The van der Waals surface area contributed by atoms with Crippen molar-refractivity contribution in [2.24, 2.45) is 5.92 Å². The van der Waals surface area contributed by atoms with Crippen molar-refractivity contribution in [1.29, 1.82) is 0 Å². The molecule has 116 valence electrons. The molecule has 0 amide bonds. The van der Waals surface area contributed by atoms with Gasteiger partial charge in [-0.05, 0) is 37.4 Å². The smallest absolute Gasteiger partial charge is 0.161 e. The highest BCUT2D eigenvalue weighted by molar-refractivity contribution is 5.40. The second-order valence-corrected chi connectivity index (χ2v) is 6.25. The van der Waals surface area contributed by atoms with E-state index in [2.05, 4.69) is 12.2 Å². The normalized spacial score (nSPS) is 24.3. The molecule has 0 aromatic heterocycles. The summed E-state index contributed by atoms with van der Waals surface area (Å²) in [5.41, 5.74) is 0. The van der Waals surface area contributed by atoms with Crippen LogP contribution in [0.15, 0.2) is 24.3 Å². The number of fused-ring (bicyclic) bond motifs is 1. The number of ether oxygens (including phenoxy) is 2. The Morgan fingerprint density at radius 3 is 2.52 bits per heavy atom. The van der Waals surface area contributed by atoms with Gasteiger partial charge < -0.3 is 14.8 Å². The fourth-order valence-corrected chi connectivity index (χ4v) is 3.72. The Bertz CT molecular complexity index is 441. The largest absolute Gasteiger partial charge is 0.486 e. The molecule has 1 aliphatic heterocycles. The molecule has 1 saturated carbocycles. The molecular weight excluding hydrogens is 262 g/mol. The number of rotatable bonds is 4. The molecule has 1 fully saturated rings. The average molecular weight is 289 g/mol. The Labute approximate surface area is 128 Å². The Morgan fingerprint density at radius 1 is 1.10 bits per heavy atom. The summed E-state index contributed by atoms with van der Waals surface area (Å²) >= 11 is 0. The summed E-state index contributed by atoms with van der Waals surface area (Å²) in [6, 6.07) is 8.41. The van der Waals surface area contributed by atoms with E-state index < -0.39 is 0 Å². The zero-order valence-corrected chi connectivity index (χ0v) is 13.0. The minimum Gasteiger partial charge on any atom is -0.486 e. The first-order valence-corrected chi connectivity index (χ1v) is 8.50. The number of nitrogens with one attached hydrogen (secondary N) is 1. The van der Waals surface area contributed by atoms with Gasteiger partial charge in [-0.3, -0.25) is 0 Å². The average Bonchev–Trinajstić information content (AvgIpc) is 2.81. The van der Waals surface area contributed by atoms with Gasteiger partial charge in [0.15, 0.2) is 11.5 Å². The topological polar surface area (TPSA) is 30.5 Å². The maximum absolute atomic E-state index is 6.25. The maximum atomic E-state index is 6.25. The molecular formula is C18H27NO2. The van der Waals surface area contributed by atoms with Crippen LogP contribution in [0, 0.1) is 5.92 Å². The molecule has 2 aliphatic rings. The lowest BCUT2D eigenvalue weighted by Gasteiger charge is -2.36. The van der Waals surface area contributed by atoms with Crippen molar-refractivity contribution in [3.63, 3.8) is 0 Å². The van der Waals surface area contributed by atoms with Gasteiger partial charge in [0.1, 0.15) is 12.7 Å². The third-order valence-electron chi connectivity index (χ3n) is 4.78. The Balaban J connectivity index is 1.72. The van der Waals surface area contributed by atoms with Crippen LogP contribution < -0.4 is 14.8 Å². The lowest BCUT2D eigenvalue weighted by molar-refractivity contribution is 0.0413. The number of hydrogen-bond donors (Lipinski definition) is 1. The van der Waals surface area contributed by atoms with Crippen molar-refractivity contribution < 1.29 is 9.47 Å². The Morgan fingerprint density at radius 2 is 1.81 bits per heavy atom. The third kappa shape index (κ3) is 3.52. The molecule has 1 heterocycles. The van der Waals surface area contributed by atoms with E-state index in [4.69, 9.17) is 9.47 Å². The lowest BCUT2D eigenvalue weighted by atomic mass is 9.88. The van der Waals surface area contributed by atoms with Gasteiger partial charge in [-0.1, -0.05) is 44.7 Å². The van der Waals surface area contributed by atoms with Gasteiger partial charge in [-0.25, -0.2) is 0 Å². The van der Waals surface area contributed by atoms with Crippen LogP contribution in [-0.4, -0.2) is 25.3 Å². The van der Waals surface area contributed by atoms with E-state index in [1.54, 1.807) is 0 Å². The summed E-state index contributed by atoms with van der Waals surface area (Å²) in [7, 11) is 0. The van der Waals surface area contributed by atoms with Crippen LogP contribution in [0.25, 0.3) is 0 Å². The predicted molar refractivity (Wildman–Crippen MR) is 85.0 cm³/mol. The van der Waals surface area contributed by atoms with E-state index in [-0.39, 0.29) is 6.10 Å². The molecule has 0 spiro atoms. The summed E-state index contributed by atoms with van der Waals surface area (Å²) in [5, 5.41) is 3.68. The quantitative estimate of drug-likeness (QED) is 0.856. The third-order valence-corrected chi connectivity index (χ3v) is 4.78. The molecule has 1 N–H and O–H groups in total. The highest BCUT2D eigenvalue weighted by atomic mass is 16.6. The van der Waals surface area contributed by atoms with E-state index in [0.717, 1.165) is 18.0 Å². The summed E-state index contributed by atoms with van der Waals surface area (Å²) in [6.07, 6.45) is 8.26. The molecule has 3 nitrogen and oxygen atoms in total. The predicted octanol–water partition coefficient (Wildman–Crippen LogP) is 3.77. The van der Waals surface area contributed by atoms with E-state index in [9.17, 15) is 0 Å². The summed E-state index contributed by atoms with van der Waals surface area (Å²) in [4.78, 5) is 0.